The van der Waals surface area contributed by atoms with Gasteiger partial charge in [-0.15, -0.1) is 0 Å². The molecule has 8 heteroatoms. The molecule has 6 nitrogen and oxygen atoms in total. The van der Waals surface area contributed by atoms with Gasteiger partial charge in [0.1, 0.15) is 23.1 Å². The van der Waals surface area contributed by atoms with Crippen LogP contribution in [0.1, 0.15) is 27.8 Å². The van der Waals surface area contributed by atoms with Crippen LogP contribution in [-0.2, 0) is 0 Å². The first kappa shape index (κ1) is 20.5. The van der Waals surface area contributed by atoms with Crippen molar-refractivity contribution in [3.63, 3.8) is 0 Å². The topological polar surface area (TPSA) is 71.9 Å². The van der Waals surface area contributed by atoms with Gasteiger partial charge in [-0.2, -0.15) is 0 Å². The second kappa shape index (κ2) is 8.91. The van der Waals surface area contributed by atoms with Crippen molar-refractivity contribution in [1.29, 1.82) is 0 Å². The SMILES string of the molecule is O=Cc1cnc2ccc(Br)cn12.OC(c1ccccc1)c1cnc2ccc(Br)cn12. The van der Waals surface area contributed by atoms with Crippen molar-refractivity contribution in [2.45, 2.75) is 6.10 Å². The first-order chi connectivity index (χ1) is 14.6. The summed E-state index contributed by atoms with van der Waals surface area (Å²) >= 11 is 6.74. The van der Waals surface area contributed by atoms with Crippen LogP contribution < -0.4 is 0 Å². The Balaban J connectivity index is 0.000000158. The van der Waals surface area contributed by atoms with Crippen LogP contribution in [0, 0.1) is 0 Å². The van der Waals surface area contributed by atoms with E-state index in [1.54, 1.807) is 16.8 Å². The van der Waals surface area contributed by atoms with E-state index < -0.39 is 6.10 Å². The second-order valence-corrected chi connectivity index (χ2v) is 8.28. The molecule has 1 N–H and O–H groups in total. The normalized spacial score (nSPS) is 11.8. The van der Waals surface area contributed by atoms with E-state index in [0.717, 1.165) is 37.8 Å². The third kappa shape index (κ3) is 4.21. The number of aldehydes is 1. The van der Waals surface area contributed by atoms with E-state index in [4.69, 9.17) is 0 Å². The lowest BCUT2D eigenvalue weighted by Crippen LogP contribution is -2.03. The first-order valence-electron chi connectivity index (χ1n) is 9.00. The molecular formula is C22H16Br2N4O2. The number of aromatic nitrogens is 4. The number of imidazole rings is 2. The summed E-state index contributed by atoms with van der Waals surface area (Å²) in [5.74, 6) is 0. The molecule has 4 aromatic heterocycles. The maximum atomic E-state index is 10.5. The van der Waals surface area contributed by atoms with Crippen molar-refractivity contribution in [2.75, 3.05) is 0 Å². The highest BCUT2D eigenvalue weighted by molar-refractivity contribution is 9.10. The fourth-order valence-electron chi connectivity index (χ4n) is 3.04. The van der Waals surface area contributed by atoms with Crippen LogP contribution in [0.25, 0.3) is 11.3 Å². The van der Waals surface area contributed by atoms with Crippen LogP contribution >= 0.6 is 31.9 Å². The van der Waals surface area contributed by atoms with Crippen LogP contribution in [-0.4, -0.2) is 30.2 Å². The predicted octanol–water partition coefficient (Wildman–Crippen LogP) is 5.09. The third-order valence-electron chi connectivity index (χ3n) is 4.51. The Morgan fingerprint density at radius 3 is 2.10 bits per heavy atom. The molecule has 1 unspecified atom stereocenters. The summed E-state index contributed by atoms with van der Waals surface area (Å²) in [6, 6.07) is 17.1. The molecule has 0 amide bonds. The minimum Gasteiger partial charge on any atom is -0.382 e. The van der Waals surface area contributed by atoms with E-state index in [0.29, 0.717) is 5.69 Å². The number of aliphatic hydroxyl groups is 1. The molecule has 1 atom stereocenters. The summed E-state index contributed by atoms with van der Waals surface area (Å²) in [5.41, 5.74) is 3.78. The highest BCUT2D eigenvalue weighted by Crippen LogP contribution is 2.23. The Morgan fingerprint density at radius 2 is 1.43 bits per heavy atom. The van der Waals surface area contributed by atoms with Crippen LogP contribution in [0.15, 0.2) is 88.3 Å². The largest absolute Gasteiger partial charge is 0.382 e. The molecule has 5 rings (SSSR count). The molecule has 150 valence electrons. The first-order valence-corrected chi connectivity index (χ1v) is 10.6. The quantitative estimate of drug-likeness (QED) is 0.332. The zero-order chi connectivity index (χ0) is 21.1. The summed E-state index contributed by atoms with van der Waals surface area (Å²) in [6.07, 6.45) is 7.09. The third-order valence-corrected chi connectivity index (χ3v) is 5.45. The average Bonchev–Trinajstić information content (AvgIpc) is 3.37. The number of nitrogens with zero attached hydrogens (tertiary/aromatic N) is 4. The number of pyridine rings is 2. The molecule has 0 radical (unpaired) electrons. The van der Waals surface area contributed by atoms with Gasteiger partial charge in [0.05, 0.1) is 18.1 Å². The summed E-state index contributed by atoms with van der Waals surface area (Å²) in [6.45, 7) is 0. The van der Waals surface area contributed by atoms with Crippen LogP contribution in [0.4, 0.5) is 0 Å². The van der Waals surface area contributed by atoms with Gasteiger partial charge in [0.2, 0.25) is 0 Å². The van der Waals surface area contributed by atoms with Crippen molar-refractivity contribution < 1.29 is 9.90 Å². The summed E-state index contributed by atoms with van der Waals surface area (Å²) in [4.78, 5) is 18.8. The maximum Gasteiger partial charge on any atom is 0.168 e. The van der Waals surface area contributed by atoms with Gasteiger partial charge in [-0.3, -0.25) is 13.6 Å². The molecular weight excluding hydrogens is 512 g/mol. The van der Waals surface area contributed by atoms with Crippen molar-refractivity contribution >= 4 is 49.4 Å². The van der Waals surface area contributed by atoms with Gasteiger partial charge in [0, 0.05) is 21.3 Å². The molecule has 1 aromatic carbocycles. The predicted molar refractivity (Wildman–Crippen MR) is 122 cm³/mol. The van der Waals surface area contributed by atoms with Gasteiger partial charge in [-0.1, -0.05) is 30.3 Å². The van der Waals surface area contributed by atoms with E-state index in [2.05, 4.69) is 41.8 Å². The fourth-order valence-corrected chi connectivity index (χ4v) is 3.72. The second-order valence-electron chi connectivity index (χ2n) is 6.45. The molecule has 30 heavy (non-hydrogen) atoms. The smallest absolute Gasteiger partial charge is 0.168 e. The van der Waals surface area contributed by atoms with Gasteiger partial charge in [-0.25, -0.2) is 9.97 Å². The number of hydrogen-bond acceptors (Lipinski definition) is 4. The zero-order valence-electron chi connectivity index (χ0n) is 15.6. The number of benzene rings is 1. The Morgan fingerprint density at radius 1 is 0.833 bits per heavy atom. The molecule has 0 aliphatic carbocycles. The van der Waals surface area contributed by atoms with Crippen molar-refractivity contribution in [3.05, 3.63) is 105 Å². The average molecular weight is 528 g/mol. The molecule has 0 saturated carbocycles. The maximum absolute atomic E-state index is 10.5. The monoisotopic (exact) mass is 526 g/mol. The summed E-state index contributed by atoms with van der Waals surface area (Å²) < 4.78 is 5.50. The van der Waals surface area contributed by atoms with Crippen LogP contribution in [0.3, 0.4) is 0 Å². The molecule has 5 aromatic rings. The summed E-state index contributed by atoms with van der Waals surface area (Å²) in [7, 11) is 0. The number of aliphatic hydroxyl groups excluding tert-OH is 1. The van der Waals surface area contributed by atoms with Gasteiger partial charge in [-0.05, 0) is 61.7 Å². The number of carbonyl (C=O) groups excluding carboxylic acids is 1. The summed E-state index contributed by atoms with van der Waals surface area (Å²) in [5, 5.41) is 10.4. The lowest BCUT2D eigenvalue weighted by Gasteiger charge is -2.10. The molecule has 0 bridgehead atoms. The highest BCUT2D eigenvalue weighted by Gasteiger charge is 2.14. The lowest BCUT2D eigenvalue weighted by molar-refractivity contribution is 0.111. The molecule has 4 heterocycles. The minimum atomic E-state index is -0.671. The Hall–Kier alpha value is -2.81. The standard InChI is InChI=1S/C14H11BrN2O.C8H5BrN2O/c15-11-6-7-13-16-8-12(17(13)9-11)14(18)10-4-2-1-3-5-10;9-6-1-2-8-10-3-7(5-12)11(8)4-6/h1-9,14,18H;1-5H. The number of rotatable bonds is 3. The molecule has 0 saturated heterocycles. The lowest BCUT2D eigenvalue weighted by atomic mass is 10.1. The number of fused-ring (bicyclic) bond motifs is 2. The van der Waals surface area contributed by atoms with E-state index in [-0.39, 0.29) is 0 Å². The van der Waals surface area contributed by atoms with Crippen LogP contribution in [0.2, 0.25) is 0 Å². The molecule has 0 aliphatic rings. The van der Waals surface area contributed by atoms with Crippen molar-refractivity contribution in [1.82, 2.24) is 18.8 Å². The van der Waals surface area contributed by atoms with Crippen molar-refractivity contribution in [3.8, 4) is 0 Å². The number of carbonyl (C=O) groups is 1. The molecule has 0 aliphatic heterocycles. The van der Waals surface area contributed by atoms with E-state index in [9.17, 15) is 9.90 Å². The fraction of sp³-hybridized carbons (Fsp3) is 0.0455. The van der Waals surface area contributed by atoms with E-state index in [1.807, 2.05) is 71.4 Å². The van der Waals surface area contributed by atoms with Crippen LogP contribution in [0.5, 0.6) is 0 Å². The number of halogens is 2. The molecule has 0 fully saturated rings. The number of hydrogen-bond donors (Lipinski definition) is 1. The Bertz CT molecular complexity index is 1310. The van der Waals surface area contributed by atoms with Gasteiger partial charge < -0.3 is 5.11 Å². The van der Waals surface area contributed by atoms with E-state index in [1.165, 1.54) is 0 Å². The highest BCUT2D eigenvalue weighted by atomic mass is 79.9. The molecule has 0 spiro atoms. The van der Waals surface area contributed by atoms with Gasteiger partial charge in [0.15, 0.2) is 6.29 Å². The van der Waals surface area contributed by atoms with Gasteiger partial charge in [0.25, 0.3) is 0 Å². The Labute approximate surface area is 189 Å². The van der Waals surface area contributed by atoms with E-state index >= 15 is 0 Å². The zero-order valence-corrected chi connectivity index (χ0v) is 18.7. The minimum absolute atomic E-state index is 0.561. The Kier molecular flexibility index (Phi) is 6.08. The van der Waals surface area contributed by atoms with Crippen molar-refractivity contribution in [2.24, 2.45) is 0 Å². The van der Waals surface area contributed by atoms with Gasteiger partial charge >= 0.3 is 0 Å².